The largest absolute Gasteiger partial charge is 0.392 e. The van der Waals surface area contributed by atoms with Crippen LogP contribution in [0.25, 0.3) is 5.69 Å². The molecule has 0 unspecified atom stereocenters. The number of halogens is 1. The number of aliphatic hydroxyl groups excluding tert-OH is 1. The lowest BCUT2D eigenvalue weighted by Crippen LogP contribution is -2.24. The molecule has 1 aromatic heterocycles. The van der Waals surface area contributed by atoms with Gasteiger partial charge in [0.15, 0.2) is 5.69 Å². The van der Waals surface area contributed by atoms with Gasteiger partial charge in [-0.25, -0.2) is 4.68 Å². The number of rotatable bonds is 5. The topological polar surface area (TPSA) is 67.2 Å². The quantitative estimate of drug-likeness (QED) is 0.749. The van der Waals surface area contributed by atoms with Crippen LogP contribution in [0.3, 0.4) is 0 Å². The second-order valence-electron chi connectivity index (χ2n) is 5.23. The Morgan fingerprint density at radius 1 is 1.12 bits per heavy atom. The van der Waals surface area contributed by atoms with E-state index in [9.17, 15) is 9.90 Å². The summed E-state index contributed by atoms with van der Waals surface area (Å²) in [5.41, 5.74) is 2.77. The lowest BCUT2D eigenvalue weighted by Gasteiger charge is -2.08. The second-order valence-corrected chi connectivity index (χ2v) is 5.67. The minimum Gasteiger partial charge on any atom is -0.392 e. The first-order chi connectivity index (χ1) is 11.7. The Kier molecular flexibility index (Phi) is 4.93. The molecule has 0 fully saturated rings. The van der Waals surface area contributed by atoms with Crippen molar-refractivity contribution in [1.82, 2.24) is 15.1 Å². The fraction of sp³-hybridized carbons (Fsp3) is 0.111. The molecular formula is C18H16ClN3O2. The summed E-state index contributed by atoms with van der Waals surface area (Å²) in [6.45, 7) is 0.273. The van der Waals surface area contributed by atoms with Gasteiger partial charge in [-0.15, -0.1) is 0 Å². The fourth-order valence-corrected chi connectivity index (χ4v) is 2.54. The number of nitrogens with zero attached hydrogens (tertiary/aromatic N) is 2. The number of aromatic nitrogens is 2. The number of benzene rings is 2. The predicted molar refractivity (Wildman–Crippen MR) is 92.1 cm³/mol. The van der Waals surface area contributed by atoms with Gasteiger partial charge in [0.2, 0.25) is 0 Å². The fourth-order valence-electron chi connectivity index (χ4n) is 2.36. The van der Waals surface area contributed by atoms with Gasteiger partial charge in [-0.2, -0.15) is 5.10 Å². The van der Waals surface area contributed by atoms with E-state index in [4.69, 9.17) is 11.6 Å². The maximum Gasteiger partial charge on any atom is 0.272 e. The van der Waals surface area contributed by atoms with E-state index >= 15 is 0 Å². The maximum atomic E-state index is 12.3. The second kappa shape index (κ2) is 7.29. The molecule has 0 saturated heterocycles. The van der Waals surface area contributed by atoms with Crippen LogP contribution in [-0.2, 0) is 13.2 Å². The lowest BCUT2D eigenvalue weighted by atomic mass is 10.1. The predicted octanol–water partition coefficient (Wildman–Crippen LogP) is 2.95. The summed E-state index contributed by atoms with van der Waals surface area (Å²) < 4.78 is 1.60. The van der Waals surface area contributed by atoms with Crippen LogP contribution in [0.15, 0.2) is 60.8 Å². The average Bonchev–Trinajstić information content (AvgIpc) is 3.10. The van der Waals surface area contributed by atoms with Gasteiger partial charge >= 0.3 is 0 Å². The zero-order valence-electron chi connectivity index (χ0n) is 12.8. The van der Waals surface area contributed by atoms with Crippen molar-refractivity contribution in [3.8, 4) is 5.69 Å². The Labute approximate surface area is 144 Å². The standard InChI is InChI=1S/C18H16ClN3O2/c19-15-6-3-7-16(10-15)22-9-8-17(21-22)18(24)20-11-13-4-1-2-5-14(13)12-23/h1-10,23H,11-12H2,(H,20,24). The number of aliphatic hydroxyl groups is 1. The van der Waals surface area contributed by atoms with Gasteiger partial charge < -0.3 is 10.4 Å². The highest BCUT2D eigenvalue weighted by Gasteiger charge is 2.11. The molecule has 0 aliphatic carbocycles. The van der Waals surface area contributed by atoms with Crippen LogP contribution in [0, 0.1) is 0 Å². The van der Waals surface area contributed by atoms with Gasteiger partial charge in [-0.05, 0) is 35.4 Å². The van der Waals surface area contributed by atoms with Crippen LogP contribution in [-0.4, -0.2) is 20.8 Å². The summed E-state index contributed by atoms with van der Waals surface area (Å²) in [4.78, 5) is 12.3. The number of carbonyl (C=O) groups is 1. The van der Waals surface area contributed by atoms with Crippen molar-refractivity contribution < 1.29 is 9.90 Å². The normalized spacial score (nSPS) is 10.6. The van der Waals surface area contributed by atoms with Crippen molar-refractivity contribution in [3.63, 3.8) is 0 Å². The highest BCUT2D eigenvalue weighted by atomic mass is 35.5. The van der Waals surface area contributed by atoms with Gasteiger partial charge in [0.25, 0.3) is 5.91 Å². The summed E-state index contributed by atoms with van der Waals surface area (Å²) in [7, 11) is 0. The van der Waals surface area contributed by atoms with Crippen molar-refractivity contribution >= 4 is 17.5 Å². The van der Waals surface area contributed by atoms with Crippen LogP contribution < -0.4 is 5.32 Å². The summed E-state index contributed by atoms with van der Waals surface area (Å²) in [6.07, 6.45) is 1.71. The van der Waals surface area contributed by atoms with Crippen LogP contribution >= 0.6 is 11.6 Å². The minimum absolute atomic E-state index is 0.0601. The summed E-state index contributed by atoms with van der Waals surface area (Å²) in [5, 5.41) is 17.0. The van der Waals surface area contributed by atoms with E-state index in [-0.39, 0.29) is 12.5 Å². The number of hydrogen-bond donors (Lipinski definition) is 2. The summed E-state index contributed by atoms with van der Waals surface area (Å²) >= 11 is 5.97. The third-order valence-corrected chi connectivity index (χ3v) is 3.86. The summed E-state index contributed by atoms with van der Waals surface area (Å²) in [6, 6.07) is 16.3. The van der Waals surface area contributed by atoms with Crippen LogP contribution in [0.5, 0.6) is 0 Å². The molecule has 1 heterocycles. The van der Waals surface area contributed by atoms with Crippen molar-refractivity contribution in [2.75, 3.05) is 0 Å². The zero-order valence-corrected chi connectivity index (χ0v) is 13.6. The molecule has 6 heteroatoms. The van der Waals surface area contributed by atoms with E-state index in [0.29, 0.717) is 17.3 Å². The lowest BCUT2D eigenvalue weighted by molar-refractivity contribution is 0.0945. The van der Waals surface area contributed by atoms with Gasteiger partial charge in [0, 0.05) is 17.8 Å². The third-order valence-electron chi connectivity index (χ3n) is 3.62. The van der Waals surface area contributed by atoms with Crippen molar-refractivity contribution in [2.24, 2.45) is 0 Å². The van der Waals surface area contributed by atoms with Gasteiger partial charge in [-0.3, -0.25) is 4.79 Å². The van der Waals surface area contributed by atoms with Crippen molar-refractivity contribution in [1.29, 1.82) is 0 Å². The molecule has 2 aromatic carbocycles. The Balaban J connectivity index is 1.70. The summed E-state index contributed by atoms with van der Waals surface area (Å²) in [5.74, 6) is -0.275. The Morgan fingerprint density at radius 2 is 1.92 bits per heavy atom. The Morgan fingerprint density at radius 3 is 2.67 bits per heavy atom. The number of amides is 1. The molecule has 2 N–H and O–H groups in total. The van der Waals surface area contributed by atoms with E-state index in [2.05, 4.69) is 10.4 Å². The third kappa shape index (κ3) is 3.64. The van der Waals surface area contributed by atoms with Gasteiger partial charge in [-0.1, -0.05) is 41.9 Å². The maximum absolute atomic E-state index is 12.3. The Bertz CT molecular complexity index is 861. The molecule has 0 aliphatic heterocycles. The number of nitrogens with one attached hydrogen (secondary N) is 1. The number of hydrogen-bond acceptors (Lipinski definition) is 3. The van der Waals surface area contributed by atoms with E-state index in [0.717, 1.165) is 16.8 Å². The molecule has 3 rings (SSSR count). The van der Waals surface area contributed by atoms with Crippen LogP contribution in [0.2, 0.25) is 5.02 Å². The van der Waals surface area contributed by atoms with Gasteiger partial charge in [0.05, 0.1) is 12.3 Å². The molecule has 3 aromatic rings. The first-order valence-electron chi connectivity index (χ1n) is 7.45. The molecule has 0 saturated carbocycles. The molecule has 0 spiro atoms. The SMILES string of the molecule is O=C(NCc1ccccc1CO)c1ccn(-c2cccc(Cl)c2)n1. The highest BCUT2D eigenvalue weighted by molar-refractivity contribution is 6.30. The zero-order chi connectivity index (χ0) is 16.9. The van der Waals surface area contributed by atoms with Crippen molar-refractivity contribution in [2.45, 2.75) is 13.2 Å². The minimum atomic E-state index is -0.275. The molecular weight excluding hydrogens is 326 g/mol. The molecule has 0 aliphatic rings. The molecule has 122 valence electrons. The molecule has 5 nitrogen and oxygen atoms in total. The number of carbonyl (C=O) groups excluding carboxylic acids is 1. The molecule has 0 bridgehead atoms. The molecule has 0 atom stereocenters. The molecule has 24 heavy (non-hydrogen) atoms. The first-order valence-corrected chi connectivity index (χ1v) is 7.82. The van der Waals surface area contributed by atoms with Crippen LogP contribution in [0.4, 0.5) is 0 Å². The van der Waals surface area contributed by atoms with Gasteiger partial charge in [0.1, 0.15) is 0 Å². The van der Waals surface area contributed by atoms with E-state index in [1.165, 1.54) is 0 Å². The van der Waals surface area contributed by atoms with Crippen molar-refractivity contribution in [3.05, 3.63) is 82.6 Å². The molecule has 0 radical (unpaired) electrons. The highest BCUT2D eigenvalue weighted by Crippen LogP contribution is 2.14. The van der Waals surface area contributed by atoms with E-state index in [1.54, 1.807) is 29.1 Å². The van der Waals surface area contributed by atoms with Crippen LogP contribution in [0.1, 0.15) is 21.6 Å². The Hall–Kier alpha value is -2.63. The molecule has 1 amide bonds. The smallest absolute Gasteiger partial charge is 0.272 e. The monoisotopic (exact) mass is 341 g/mol. The van der Waals surface area contributed by atoms with E-state index < -0.39 is 0 Å². The average molecular weight is 342 g/mol. The first kappa shape index (κ1) is 16.2. The van der Waals surface area contributed by atoms with E-state index in [1.807, 2.05) is 36.4 Å².